The van der Waals surface area contributed by atoms with Crippen molar-refractivity contribution in [3.05, 3.63) is 64.2 Å². The van der Waals surface area contributed by atoms with Gasteiger partial charge in [-0.05, 0) is 49.4 Å². The molecule has 2 atom stereocenters. The maximum Gasteiger partial charge on any atom is 0.234 e. The van der Waals surface area contributed by atoms with Gasteiger partial charge < -0.3 is 5.32 Å². The SMILES string of the molecule is Cc1cccc(C)c1NC(=O)CSC1CCCCC1SCc1ccccc1Cl. The molecule has 5 heteroatoms. The van der Waals surface area contributed by atoms with Gasteiger partial charge in [0.05, 0.1) is 5.75 Å². The number of amides is 1. The number of nitrogens with one attached hydrogen (secondary N) is 1. The third kappa shape index (κ3) is 5.95. The number of hydrogen-bond acceptors (Lipinski definition) is 3. The van der Waals surface area contributed by atoms with E-state index in [1.165, 1.54) is 31.2 Å². The average molecular weight is 434 g/mol. The quantitative estimate of drug-likeness (QED) is 0.516. The van der Waals surface area contributed by atoms with Gasteiger partial charge in [-0.2, -0.15) is 11.8 Å². The lowest BCUT2D eigenvalue weighted by Gasteiger charge is -2.30. The minimum absolute atomic E-state index is 0.0998. The summed E-state index contributed by atoms with van der Waals surface area (Å²) in [7, 11) is 0. The summed E-state index contributed by atoms with van der Waals surface area (Å²) >= 11 is 10.1. The molecule has 1 amide bonds. The highest BCUT2D eigenvalue weighted by Gasteiger charge is 2.26. The maximum atomic E-state index is 12.5. The predicted octanol–water partition coefficient (Wildman–Crippen LogP) is 6.87. The zero-order valence-electron chi connectivity index (χ0n) is 16.5. The second-order valence-electron chi connectivity index (χ2n) is 7.39. The molecule has 1 fully saturated rings. The monoisotopic (exact) mass is 433 g/mol. The molecule has 1 aliphatic carbocycles. The van der Waals surface area contributed by atoms with Gasteiger partial charge in [0.2, 0.25) is 5.91 Å². The molecule has 0 spiro atoms. The van der Waals surface area contributed by atoms with Crippen molar-refractivity contribution < 1.29 is 4.79 Å². The number of halogens is 1. The largest absolute Gasteiger partial charge is 0.325 e. The van der Waals surface area contributed by atoms with Crippen LogP contribution in [0.5, 0.6) is 0 Å². The number of carbonyl (C=O) groups excluding carboxylic acids is 1. The molecule has 0 bridgehead atoms. The lowest BCUT2D eigenvalue weighted by Crippen LogP contribution is -2.27. The van der Waals surface area contributed by atoms with Crippen LogP contribution < -0.4 is 5.32 Å². The highest BCUT2D eigenvalue weighted by atomic mass is 35.5. The van der Waals surface area contributed by atoms with E-state index in [1.54, 1.807) is 0 Å². The fourth-order valence-corrected chi connectivity index (χ4v) is 6.83. The molecule has 150 valence electrons. The van der Waals surface area contributed by atoms with Crippen LogP contribution in [0.25, 0.3) is 0 Å². The Morgan fingerprint density at radius 1 is 1.00 bits per heavy atom. The minimum Gasteiger partial charge on any atom is -0.325 e. The average Bonchev–Trinajstić information content (AvgIpc) is 2.69. The number of aryl methyl sites for hydroxylation is 2. The van der Waals surface area contributed by atoms with Crippen LogP contribution in [0.3, 0.4) is 0 Å². The first-order valence-corrected chi connectivity index (χ1v) is 12.3. The second-order valence-corrected chi connectivity index (χ2v) is 10.3. The van der Waals surface area contributed by atoms with E-state index >= 15 is 0 Å². The van der Waals surface area contributed by atoms with Crippen LogP contribution in [-0.4, -0.2) is 22.2 Å². The number of anilines is 1. The number of carbonyl (C=O) groups is 1. The van der Waals surface area contributed by atoms with Gasteiger partial charge in [-0.3, -0.25) is 4.79 Å². The number of benzene rings is 2. The lowest BCUT2D eigenvalue weighted by atomic mass is 10.00. The van der Waals surface area contributed by atoms with Crippen molar-refractivity contribution in [2.45, 2.75) is 55.8 Å². The Morgan fingerprint density at radius 3 is 2.32 bits per heavy atom. The first kappa shape index (κ1) is 21.6. The molecular weight excluding hydrogens is 406 g/mol. The molecule has 0 heterocycles. The summed E-state index contributed by atoms with van der Waals surface area (Å²) in [4.78, 5) is 12.5. The van der Waals surface area contributed by atoms with Crippen molar-refractivity contribution in [2.24, 2.45) is 0 Å². The first-order chi connectivity index (χ1) is 13.5. The number of hydrogen-bond donors (Lipinski definition) is 1. The highest BCUT2D eigenvalue weighted by Crippen LogP contribution is 2.38. The van der Waals surface area contributed by atoms with Crippen molar-refractivity contribution in [3.8, 4) is 0 Å². The molecule has 1 saturated carbocycles. The summed E-state index contributed by atoms with van der Waals surface area (Å²) in [5, 5.41) is 5.08. The zero-order chi connectivity index (χ0) is 19.9. The van der Waals surface area contributed by atoms with E-state index in [2.05, 4.69) is 11.4 Å². The zero-order valence-corrected chi connectivity index (χ0v) is 18.9. The lowest BCUT2D eigenvalue weighted by molar-refractivity contribution is -0.113. The maximum absolute atomic E-state index is 12.5. The highest BCUT2D eigenvalue weighted by molar-refractivity contribution is 8.03. The van der Waals surface area contributed by atoms with Crippen LogP contribution in [0.1, 0.15) is 42.4 Å². The van der Waals surface area contributed by atoms with Crippen LogP contribution in [0, 0.1) is 13.8 Å². The molecule has 1 aliphatic rings. The molecule has 0 saturated heterocycles. The molecule has 1 N–H and O–H groups in total. The minimum atomic E-state index is 0.0998. The summed E-state index contributed by atoms with van der Waals surface area (Å²) in [5.74, 6) is 1.56. The Kier molecular flexibility index (Phi) is 8.19. The summed E-state index contributed by atoms with van der Waals surface area (Å²) in [6, 6.07) is 14.2. The van der Waals surface area contributed by atoms with E-state index < -0.39 is 0 Å². The standard InChI is InChI=1S/C23H28ClNOS2/c1-16-8-7-9-17(2)23(16)25-22(26)15-28-21-13-6-5-12-20(21)27-14-18-10-3-4-11-19(18)24/h3-4,7-11,20-21H,5-6,12-15H2,1-2H3,(H,25,26). The van der Waals surface area contributed by atoms with Gasteiger partial charge in [0.15, 0.2) is 0 Å². The van der Waals surface area contributed by atoms with Crippen molar-refractivity contribution >= 4 is 46.7 Å². The molecule has 28 heavy (non-hydrogen) atoms. The molecule has 2 aromatic rings. The third-order valence-electron chi connectivity index (χ3n) is 5.23. The van der Waals surface area contributed by atoms with Gasteiger partial charge in [-0.1, -0.05) is 60.8 Å². The predicted molar refractivity (Wildman–Crippen MR) is 126 cm³/mol. The van der Waals surface area contributed by atoms with Gasteiger partial charge in [0.1, 0.15) is 0 Å². The van der Waals surface area contributed by atoms with Gasteiger partial charge in [-0.25, -0.2) is 0 Å². The Morgan fingerprint density at radius 2 is 1.64 bits per heavy atom. The van der Waals surface area contributed by atoms with E-state index in [-0.39, 0.29) is 5.91 Å². The van der Waals surface area contributed by atoms with Gasteiger partial charge in [0.25, 0.3) is 0 Å². The fourth-order valence-electron chi connectivity index (χ4n) is 3.63. The third-order valence-corrected chi connectivity index (χ3v) is 8.66. The van der Waals surface area contributed by atoms with Crippen molar-refractivity contribution in [3.63, 3.8) is 0 Å². The van der Waals surface area contributed by atoms with Crippen LogP contribution in [0.15, 0.2) is 42.5 Å². The second kappa shape index (κ2) is 10.6. The Labute approximate surface area is 182 Å². The van der Waals surface area contributed by atoms with Crippen molar-refractivity contribution in [1.82, 2.24) is 0 Å². The summed E-state index contributed by atoms with van der Waals surface area (Å²) in [6.45, 7) is 4.08. The molecule has 0 aliphatic heterocycles. The van der Waals surface area contributed by atoms with Gasteiger partial charge in [0, 0.05) is 27.0 Å². The van der Waals surface area contributed by atoms with Crippen molar-refractivity contribution in [1.29, 1.82) is 0 Å². The Hall–Kier alpha value is -1.10. The van der Waals surface area contributed by atoms with E-state index in [4.69, 9.17) is 11.6 Å². The molecular formula is C23H28ClNOS2. The molecule has 2 unspecified atom stereocenters. The van der Waals surface area contributed by atoms with Crippen LogP contribution >= 0.6 is 35.1 Å². The van der Waals surface area contributed by atoms with E-state index in [0.29, 0.717) is 16.3 Å². The van der Waals surface area contributed by atoms with E-state index in [1.807, 2.05) is 73.8 Å². The smallest absolute Gasteiger partial charge is 0.234 e. The van der Waals surface area contributed by atoms with E-state index in [9.17, 15) is 4.79 Å². The summed E-state index contributed by atoms with van der Waals surface area (Å²) in [6.07, 6.45) is 4.97. The fraction of sp³-hybridized carbons (Fsp3) is 0.435. The van der Waals surface area contributed by atoms with Gasteiger partial charge >= 0.3 is 0 Å². The number of thioether (sulfide) groups is 2. The molecule has 0 aromatic heterocycles. The van der Waals surface area contributed by atoms with Crippen LogP contribution in [0.4, 0.5) is 5.69 Å². The Bertz CT molecular complexity index is 791. The molecule has 0 radical (unpaired) electrons. The number of para-hydroxylation sites is 1. The summed E-state index contributed by atoms with van der Waals surface area (Å²) < 4.78 is 0. The number of rotatable bonds is 7. The van der Waals surface area contributed by atoms with Gasteiger partial charge in [-0.15, -0.1) is 11.8 Å². The Balaban J connectivity index is 1.53. The first-order valence-electron chi connectivity index (χ1n) is 9.87. The molecule has 2 aromatic carbocycles. The summed E-state index contributed by atoms with van der Waals surface area (Å²) in [5.41, 5.74) is 4.39. The normalized spacial score (nSPS) is 19.4. The van der Waals surface area contributed by atoms with Crippen LogP contribution in [0.2, 0.25) is 5.02 Å². The van der Waals surface area contributed by atoms with Crippen LogP contribution in [-0.2, 0) is 10.5 Å². The van der Waals surface area contributed by atoms with Crippen molar-refractivity contribution in [2.75, 3.05) is 11.1 Å². The molecule has 3 rings (SSSR count). The molecule has 2 nitrogen and oxygen atoms in total. The van der Waals surface area contributed by atoms with E-state index in [0.717, 1.165) is 27.6 Å². The topological polar surface area (TPSA) is 29.1 Å².